The number of hydrogen-bond acceptors (Lipinski definition) is 1. The molecule has 0 heterocycles. The van der Waals surface area contributed by atoms with Crippen LogP contribution in [-0.2, 0) is 0 Å². The highest BCUT2D eigenvalue weighted by atomic mass is 14.9. The summed E-state index contributed by atoms with van der Waals surface area (Å²) in [4.78, 5) is 0. The highest BCUT2D eigenvalue weighted by molar-refractivity contribution is 4.72. The second-order valence-corrected chi connectivity index (χ2v) is 3.99. The van der Waals surface area contributed by atoms with E-state index in [1.54, 1.807) is 0 Å². The van der Waals surface area contributed by atoms with Crippen LogP contribution in [0.2, 0.25) is 0 Å². The lowest BCUT2D eigenvalue weighted by Gasteiger charge is -2.26. The summed E-state index contributed by atoms with van der Waals surface area (Å²) < 4.78 is 0. The van der Waals surface area contributed by atoms with Crippen molar-refractivity contribution in [1.82, 2.24) is 5.32 Å². The first-order valence-corrected chi connectivity index (χ1v) is 5.36. The molecule has 0 saturated carbocycles. The van der Waals surface area contributed by atoms with Gasteiger partial charge in [0, 0.05) is 6.04 Å². The molecule has 1 nitrogen and oxygen atoms in total. The van der Waals surface area contributed by atoms with Gasteiger partial charge in [0.1, 0.15) is 0 Å². The van der Waals surface area contributed by atoms with Crippen LogP contribution >= 0.6 is 0 Å². The standard InChI is InChI=1S/C11H25N/c1-6-8-12-11(5)10(4)9(3)7-2/h9-12H,6-8H2,1-5H3/t9?,10-,11+/m1/s1. The molecule has 3 atom stereocenters. The maximum Gasteiger partial charge on any atom is 0.00668 e. The minimum atomic E-state index is 0.667. The van der Waals surface area contributed by atoms with Gasteiger partial charge in [0.15, 0.2) is 0 Å². The first-order valence-electron chi connectivity index (χ1n) is 5.36. The first kappa shape index (κ1) is 12.0. The van der Waals surface area contributed by atoms with Gasteiger partial charge in [0.25, 0.3) is 0 Å². The van der Waals surface area contributed by atoms with Crippen molar-refractivity contribution in [3.8, 4) is 0 Å². The Bertz CT molecular complexity index is 101. The Morgan fingerprint density at radius 1 is 1.08 bits per heavy atom. The average Bonchev–Trinajstić information content (AvgIpc) is 2.11. The van der Waals surface area contributed by atoms with E-state index >= 15 is 0 Å². The maximum absolute atomic E-state index is 3.55. The van der Waals surface area contributed by atoms with E-state index in [1.165, 1.54) is 12.8 Å². The molecule has 0 saturated heterocycles. The van der Waals surface area contributed by atoms with E-state index in [2.05, 4.69) is 39.9 Å². The molecule has 1 unspecified atom stereocenters. The summed E-state index contributed by atoms with van der Waals surface area (Å²) >= 11 is 0. The van der Waals surface area contributed by atoms with Crippen LogP contribution in [0, 0.1) is 11.8 Å². The molecule has 1 N–H and O–H groups in total. The average molecular weight is 171 g/mol. The minimum Gasteiger partial charge on any atom is -0.314 e. The Balaban J connectivity index is 3.67. The van der Waals surface area contributed by atoms with E-state index in [0.29, 0.717) is 6.04 Å². The molecule has 0 radical (unpaired) electrons. The summed E-state index contributed by atoms with van der Waals surface area (Å²) in [5, 5.41) is 3.55. The fraction of sp³-hybridized carbons (Fsp3) is 1.00. The molecule has 0 aromatic carbocycles. The van der Waals surface area contributed by atoms with E-state index in [9.17, 15) is 0 Å². The Morgan fingerprint density at radius 2 is 1.67 bits per heavy atom. The van der Waals surface area contributed by atoms with Crippen LogP contribution < -0.4 is 5.32 Å². The normalized spacial score (nSPS) is 18.8. The van der Waals surface area contributed by atoms with Crippen LogP contribution in [0.4, 0.5) is 0 Å². The van der Waals surface area contributed by atoms with Crippen LogP contribution in [-0.4, -0.2) is 12.6 Å². The Labute approximate surface area is 77.9 Å². The molecule has 12 heavy (non-hydrogen) atoms. The van der Waals surface area contributed by atoms with E-state index in [0.717, 1.165) is 18.4 Å². The van der Waals surface area contributed by atoms with Gasteiger partial charge in [-0.3, -0.25) is 0 Å². The van der Waals surface area contributed by atoms with Crippen molar-refractivity contribution < 1.29 is 0 Å². The van der Waals surface area contributed by atoms with Crippen LogP contribution in [0.3, 0.4) is 0 Å². The highest BCUT2D eigenvalue weighted by Crippen LogP contribution is 2.17. The topological polar surface area (TPSA) is 12.0 Å². The predicted molar refractivity (Wildman–Crippen MR) is 56.4 cm³/mol. The minimum absolute atomic E-state index is 0.667. The van der Waals surface area contributed by atoms with Gasteiger partial charge < -0.3 is 5.32 Å². The molecular formula is C11H25N. The Hall–Kier alpha value is -0.0400. The largest absolute Gasteiger partial charge is 0.314 e. The fourth-order valence-corrected chi connectivity index (χ4v) is 1.42. The lowest BCUT2D eigenvalue weighted by atomic mass is 9.88. The Kier molecular flexibility index (Phi) is 6.45. The van der Waals surface area contributed by atoms with Crippen molar-refractivity contribution in [3.05, 3.63) is 0 Å². The van der Waals surface area contributed by atoms with Crippen molar-refractivity contribution in [3.63, 3.8) is 0 Å². The van der Waals surface area contributed by atoms with Gasteiger partial charge in [0.05, 0.1) is 0 Å². The smallest absolute Gasteiger partial charge is 0.00668 e. The molecule has 0 rings (SSSR count). The van der Waals surface area contributed by atoms with E-state index in [1.807, 2.05) is 0 Å². The molecule has 74 valence electrons. The summed E-state index contributed by atoms with van der Waals surface area (Å²) in [6.45, 7) is 12.6. The molecule has 0 aromatic rings. The third-order valence-electron chi connectivity index (χ3n) is 3.05. The molecule has 0 fully saturated rings. The van der Waals surface area contributed by atoms with E-state index in [-0.39, 0.29) is 0 Å². The molecule has 1 heteroatoms. The zero-order chi connectivity index (χ0) is 9.56. The molecule has 0 aliphatic heterocycles. The quantitative estimate of drug-likeness (QED) is 0.647. The third kappa shape index (κ3) is 4.10. The monoisotopic (exact) mass is 171 g/mol. The first-order chi connectivity index (χ1) is 5.63. The van der Waals surface area contributed by atoms with Crippen molar-refractivity contribution in [1.29, 1.82) is 0 Å². The molecule has 0 spiro atoms. The van der Waals surface area contributed by atoms with E-state index < -0.39 is 0 Å². The van der Waals surface area contributed by atoms with Crippen molar-refractivity contribution in [2.45, 2.75) is 53.5 Å². The molecule has 0 amide bonds. The summed E-state index contributed by atoms with van der Waals surface area (Å²) in [6.07, 6.45) is 2.52. The van der Waals surface area contributed by atoms with Crippen LogP contribution in [0.5, 0.6) is 0 Å². The summed E-state index contributed by atoms with van der Waals surface area (Å²) in [5.74, 6) is 1.63. The number of nitrogens with one attached hydrogen (secondary N) is 1. The third-order valence-corrected chi connectivity index (χ3v) is 3.05. The Morgan fingerprint density at radius 3 is 2.08 bits per heavy atom. The number of rotatable bonds is 6. The van der Waals surface area contributed by atoms with Crippen LogP contribution in [0.1, 0.15) is 47.5 Å². The summed E-state index contributed by atoms with van der Waals surface area (Å²) in [5.41, 5.74) is 0. The molecule has 0 aliphatic rings. The predicted octanol–water partition coefficient (Wildman–Crippen LogP) is 3.06. The van der Waals surface area contributed by atoms with Crippen molar-refractivity contribution in [2.24, 2.45) is 11.8 Å². The molecular weight excluding hydrogens is 146 g/mol. The second-order valence-electron chi connectivity index (χ2n) is 3.99. The SMILES string of the molecule is CCCN[C@@H](C)[C@H](C)C(C)CC. The van der Waals surface area contributed by atoms with Gasteiger partial charge in [-0.2, -0.15) is 0 Å². The van der Waals surface area contributed by atoms with Crippen LogP contribution in [0.15, 0.2) is 0 Å². The second kappa shape index (κ2) is 6.47. The highest BCUT2D eigenvalue weighted by Gasteiger charge is 2.16. The molecule has 0 bridgehead atoms. The summed E-state index contributed by atoms with van der Waals surface area (Å²) in [6, 6.07) is 0.667. The van der Waals surface area contributed by atoms with Gasteiger partial charge in [-0.1, -0.05) is 34.1 Å². The van der Waals surface area contributed by atoms with Crippen molar-refractivity contribution >= 4 is 0 Å². The van der Waals surface area contributed by atoms with Crippen molar-refractivity contribution in [2.75, 3.05) is 6.54 Å². The van der Waals surface area contributed by atoms with Gasteiger partial charge in [-0.05, 0) is 31.7 Å². The lowest BCUT2D eigenvalue weighted by molar-refractivity contribution is 0.292. The van der Waals surface area contributed by atoms with Gasteiger partial charge >= 0.3 is 0 Å². The molecule has 0 aliphatic carbocycles. The van der Waals surface area contributed by atoms with E-state index in [4.69, 9.17) is 0 Å². The van der Waals surface area contributed by atoms with Gasteiger partial charge in [-0.15, -0.1) is 0 Å². The summed E-state index contributed by atoms with van der Waals surface area (Å²) in [7, 11) is 0. The zero-order valence-electron chi connectivity index (χ0n) is 9.35. The molecule has 0 aromatic heterocycles. The zero-order valence-corrected chi connectivity index (χ0v) is 9.35. The number of hydrogen-bond donors (Lipinski definition) is 1. The lowest BCUT2D eigenvalue weighted by Crippen LogP contribution is -2.35. The van der Waals surface area contributed by atoms with Gasteiger partial charge in [0.2, 0.25) is 0 Å². The maximum atomic E-state index is 3.55. The van der Waals surface area contributed by atoms with Gasteiger partial charge in [-0.25, -0.2) is 0 Å². The van der Waals surface area contributed by atoms with Crippen LogP contribution in [0.25, 0.3) is 0 Å². The fourth-order valence-electron chi connectivity index (χ4n) is 1.42.